The third kappa shape index (κ3) is 12.2. The summed E-state index contributed by atoms with van der Waals surface area (Å²) in [6, 6.07) is 1.14. The number of anilines is 1. The zero-order valence-corrected chi connectivity index (χ0v) is 28.2. The van der Waals surface area contributed by atoms with Crippen molar-refractivity contribution in [1.29, 1.82) is 0 Å². The molecule has 0 radical (unpaired) electrons. The number of phenolic OH excluding ortho intramolecular Hbond substituents is 2. The van der Waals surface area contributed by atoms with Crippen LogP contribution in [0.3, 0.4) is 0 Å². The maximum absolute atomic E-state index is 13.1. The van der Waals surface area contributed by atoms with Crippen molar-refractivity contribution in [1.82, 2.24) is 0 Å². The molecule has 1 aromatic carbocycles. The van der Waals surface area contributed by atoms with Crippen LogP contribution in [0.1, 0.15) is 46.1 Å². The number of ether oxygens (including phenoxy) is 3. The maximum atomic E-state index is 13.1. The van der Waals surface area contributed by atoms with Gasteiger partial charge in [-0.05, 0) is 38.2 Å². The number of hydrogen-bond acceptors (Lipinski definition) is 11. The predicted molar refractivity (Wildman–Crippen MR) is 175 cm³/mol. The molecule has 0 saturated heterocycles. The number of hydrogen-bond donors (Lipinski definition) is 7. The van der Waals surface area contributed by atoms with E-state index in [2.05, 4.69) is 14.8 Å². The van der Waals surface area contributed by atoms with Crippen molar-refractivity contribution >= 4 is 37.4 Å². The van der Waals surface area contributed by atoms with Crippen LogP contribution in [-0.4, -0.2) is 88.6 Å². The maximum Gasteiger partial charge on any atom is 0.469 e. The number of fused-ring (bicyclic) bond motifs is 2. The summed E-state index contributed by atoms with van der Waals surface area (Å²) in [5.41, 5.74) is 6.19. The van der Waals surface area contributed by atoms with Gasteiger partial charge in [0.15, 0.2) is 6.10 Å². The van der Waals surface area contributed by atoms with Crippen LogP contribution in [0, 0.1) is 11.8 Å². The van der Waals surface area contributed by atoms with Crippen LogP contribution >= 0.6 is 7.82 Å². The van der Waals surface area contributed by atoms with E-state index in [1.165, 1.54) is 39.5 Å². The van der Waals surface area contributed by atoms with Crippen LogP contribution < -0.4 is 11.1 Å². The van der Waals surface area contributed by atoms with E-state index in [0.717, 1.165) is 6.07 Å². The van der Waals surface area contributed by atoms with E-state index < -0.39 is 50.2 Å². The highest BCUT2D eigenvalue weighted by Gasteiger charge is 2.30. The second kappa shape index (κ2) is 18.1. The van der Waals surface area contributed by atoms with E-state index in [1.807, 2.05) is 6.92 Å². The van der Waals surface area contributed by atoms with Gasteiger partial charge in [0.2, 0.25) is 0 Å². The summed E-state index contributed by atoms with van der Waals surface area (Å²) in [5.74, 6) is -2.10. The number of allylic oxidation sites excluding steroid dienone is 2. The lowest BCUT2D eigenvalue weighted by atomic mass is 9.87. The van der Waals surface area contributed by atoms with Gasteiger partial charge in [-0.1, -0.05) is 38.2 Å². The van der Waals surface area contributed by atoms with Crippen molar-refractivity contribution < 1.29 is 58.0 Å². The molecule has 0 aliphatic carbocycles. The van der Waals surface area contributed by atoms with Crippen LogP contribution in [-0.2, 0) is 34.5 Å². The minimum atomic E-state index is -4.68. The lowest BCUT2D eigenvalue weighted by molar-refractivity contribution is -0.112. The molecular formula is C31H46N3O12P. The normalized spacial score (nSPS) is 25.3. The molecular weight excluding hydrogens is 637 g/mol. The molecule has 6 atom stereocenters. The fourth-order valence-electron chi connectivity index (χ4n) is 5.12. The Balaban J connectivity index is 2.64. The molecule has 0 spiro atoms. The van der Waals surface area contributed by atoms with E-state index in [0.29, 0.717) is 5.57 Å². The van der Waals surface area contributed by atoms with Crippen LogP contribution in [0.5, 0.6) is 11.5 Å². The Morgan fingerprint density at radius 2 is 1.87 bits per heavy atom. The summed E-state index contributed by atoms with van der Waals surface area (Å²) < 4.78 is 31.9. The number of phosphoric acid groups is 1. The standard InChI is InChI=1S/C31H46N3O12P/c1-17-13-21-26(33-11-8-12-45-47(40,41)42)23(35)16-22(28(21)37)34-30(38)18(2)9-7-10-24(43-5)29(46-31(32)39)20(4)15-19(3)27(36)25(14-17)44-6/h7,9-11,15-17,19,24-25,27,29,35-37H,8,12-14H2,1-6H3,(H2,32,39)(H,34,38)(H2,40,41,42). The van der Waals surface area contributed by atoms with Gasteiger partial charge in [-0.15, -0.1) is 0 Å². The van der Waals surface area contributed by atoms with Gasteiger partial charge in [0.05, 0.1) is 24.5 Å². The first kappa shape index (κ1) is 39.6. The number of aliphatic hydroxyl groups is 1. The highest BCUT2D eigenvalue weighted by molar-refractivity contribution is 7.46. The number of carbonyl (C=O) groups is 2. The SMILES string of the molecule is COC1C=CC=C(C)C(=O)Nc2cc(O)c(N=CCCOP(=O)(O)O)c(c2O)CC(C)CC(OC)C(O)C(C)C=C(C)C1OC(N)=O. The smallest absolute Gasteiger partial charge is 0.469 e. The number of nitrogens with two attached hydrogens (primary N) is 1. The van der Waals surface area contributed by atoms with E-state index >= 15 is 0 Å². The summed E-state index contributed by atoms with van der Waals surface area (Å²) in [6.07, 6.45) is 3.47. The van der Waals surface area contributed by atoms with Crippen molar-refractivity contribution in [3.05, 3.63) is 47.1 Å². The average Bonchev–Trinajstić information content (AvgIpc) is 2.98. The third-order valence-electron chi connectivity index (χ3n) is 7.53. The van der Waals surface area contributed by atoms with Gasteiger partial charge in [0.1, 0.15) is 23.3 Å². The molecule has 1 aliphatic rings. The number of carbonyl (C=O) groups excluding carboxylic acids is 2. The predicted octanol–water partition coefficient (Wildman–Crippen LogP) is 3.76. The fraction of sp³-hybridized carbons (Fsp3) is 0.516. The first-order chi connectivity index (χ1) is 22.0. The van der Waals surface area contributed by atoms with Gasteiger partial charge in [-0.3, -0.25) is 14.3 Å². The Kier molecular flexibility index (Phi) is 15.3. The van der Waals surface area contributed by atoms with E-state index in [4.69, 9.17) is 29.7 Å². The van der Waals surface area contributed by atoms with Crippen molar-refractivity contribution in [3.63, 3.8) is 0 Å². The molecule has 0 aromatic heterocycles. The van der Waals surface area contributed by atoms with Gasteiger partial charge in [-0.25, -0.2) is 9.36 Å². The Morgan fingerprint density at radius 1 is 1.19 bits per heavy atom. The third-order valence-corrected chi connectivity index (χ3v) is 8.05. The van der Waals surface area contributed by atoms with E-state index in [1.54, 1.807) is 26.0 Å². The van der Waals surface area contributed by atoms with Crippen molar-refractivity contribution in [2.24, 2.45) is 22.6 Å². The van der Waals surface area contributed by atoms with Crippen molar-refractivity contribution in [2.75, 3.05) is 26.1 Å². The van der Waals surface area contributed by atoms with E-state index in [-0.39, 0.29) is 65.8 Å². The van der Waals surface area contributed by atoms with Crippen molar-refractivity contribution in [2.45, 2.75) is 71.4 Å². The first-order valence-electron chi connectivity index (χ1n) is 14.8. The first-order valence-corrected chi connectivity index (χ1v) is 16.4. The number of amides is 2. The molecule has 0 saturated carbocycles. The summed E-state index contributed by atoms with van der Waals surface area (Å²) in [5, 5.41) is 36.1. The number of primary amides is 1. The monoisotopic (exact) mass is 683 g/mol. The second-order valence-electron chi connectivity index (χ2n) is 11.4. The number of rotatable bonds is 8. The molecule has 16 heteroatoms. The zero-order valence-electron chi connectivity index (χ0n) is 27.3. The lowest BCUT2D eigenvalue weighted by Gasteiger charge is -2.29. The van der Waals surface area contributed by atoms with Crippen LogP contribution in [0.2, 0.25) is 0 Å². The van der Waals surface area contributed by atoms with Gasteiger partial charge in [0.25, 0.3) is 5.91 Å². The molecule has 262 valence electrons. The molecule has 47 heavy (non-hydrogen) atoms. The number of methoxy groups -OCH3 is 2. The summed E-state index contributed by atoms with van der Waals surface area (Å²) >= 11 is 0. The molecule has 6 unspecified atom stereocenters. The summed E-state index contributed by atoms with van der Waals surface area (Å²) in [4.78, 5) is 46.9. The number of phenols is 2. The number of benzene rings is 1. The van der Waals surface area contributed by atoms with Crippen LogP contribution in [0.25, 0.3) is 0 Å². The molecule has 2 bridgehead atoms. The van der Waals surface area contributed by atoms with Gasteiger partial charge in [0, 0.05) is 50.0 Å². The Morgan fingerprint density at radius 3 is 2.47 bits per heavy atom. The van der Waals surface area contributed by atoms with Crippen LogP contribution in [0.15, 0.2) is 46.5 Å². The molecule has 1 aromatic rings. The highest BCUT2D eigenvalue weighted by Crippen LogP contribution is 2.44. The van der Waals surface area contributed by atoms with Gasteiger partial charge in [-0.2, -0.15) is 0 Å². The highest BCUT2D eigenvalue weighted by atomic mass is 31.2. The van der Waals surface area contributed by atoms with Gasteiger partial charge >= 0.3 is 13.9 Å². The largest absolute Gasteiger partial charge is 0.506 e. The number of nitrogens with zero attached hydrogens (tertiary/aromatic N) is 1. The Bertz CT molecular complexity index is 1420. The van der Waals surface area contributed by atoms with Crippen molar-refractivity contribution in [3.8, 4) is 11.5 Å². The minimum Gasteiger partial charge on any atom is -0.506 e. The number of nitrogens with one attached hydrogen (secondary N) is 1. The molecule has 2 amide bonds. The zero-order chi connectivity index (χ0) is 35.5. The van der Waals surface area contributed by atoms with Gasteiger partial charge < -0.3 is 50.4 Å². The summed E-state index contributed by atoms with van der Waals surface area (Å²) in [6.45, 7) is 6.50. The molecule has 2 rings (SSSR count). The Hall–Kier alpha value is -3.56. The quantitative estimate of drug-likeness (QED) is 0.0518. The van der Waals surface area contributed by atoms with E-state index in [9.17, 15) is 29.5 Å². The molecule has 1 heterocycles. The number of aromatic hydroxyl groups is 2. The molecule has 1 aliphatic heterocycles. The topological polar surface area (TPSA) is 240 Å². The van der Waals surface area contributed by atoms with Crippen LogP contribution in [0.4, 0.5) is 16.2 Å². The number of phosphoric ester groups is 1. The Labute approximate surface area is 274 Å². The fourth-order valence-corrected chi connectivity index (χ4v) is 5.46. The average molecular weight is 684 g/mol. The molecule has 15 nitrogen and oxygen atoms in total. The lowest BCUT2D eigenvalue weighted by Crippen LogP contribution is -2.37. The number of aliphatic imine (C=N–C) groups is 1. The number of aliphatic hydroxyl groups excluding tert-OH is 1. The summed E-state index contributed by atoms with van der Waals surface area (Å²) in [7, 11) is -1.81. The second-order valence-corrected chi connectivity index (χ2v) is 12.6. The minimum absolute atomic E-state index is 0.0165. The molecule has 8 N–H and O–H groups in total. The molecule has 0 fully saturated rings.